The number of amides is 1. The van der Waals surface area contributed by atoms with Gasteiger partial charge in [-0.25, -0.2) is 0 Å². The molecule has 3 aromatic rings. The molecule has 0 radical (unpaired) electrons. The standard InChI is InChI=1S/C18H17N3O3S/c1-23-16-4-2-3-12-8-13(10-24-17(12)16)18(22)19-9-11-5-6-14-15(7-11)21-25-20-14/h2-7,13H,8-10H2,1H3,(H,19,22)/t13-/m0/s1. The lowest BCUT2D eigenvalue weighted by atomic mass is 9.95. The van der Waals surface area contributed by atoms with Crippen LogP contribution in [0.25, 0.3) is 11.0 Å². The van der Waals surface area contributed by atoms with Crippen LogP contribution in [-0.2, 0) is 17.8 Å². The van der Waals surface area contributed by atoms with Gasteiger partial charge in [-0.15, -0.1) is 0 Å². The van der Waals surface area contributed by atoms with Crippen molar-refractivity contribution >= 4 is 28.7 Å². The Hall–Kier alpha value is -2.67. The minimum Gasteiger partial charge on any atom is -0.493 e. The normalized spacial score (nSPS) is 16.1. The van der Waals surface area contributed by atoms with E-state index in [0.29, 0.717) is 25.3 Å². The van der Waals surface area contributed by atoms with E-state index < -0.39 is 0 Å². The smallest absolute Gasteiger partial charge is 0.227 e. The number of rotatable bonds is 4. The Kier molecular flexibility index (Phi) is 4.23. The summed E-state index contributed by atoms with van der Waals surface area (Å²) in [4.78, 5) is 12.5. The van der Waals surface area contributed by atoms with Crippen LogP contribution in [-0.4, -0.2) is 28.4 Å². The van der Waals surface area contributed by atoms with Gasteiger partial charge in [0.1, 0.15) is 17.6 Å². The zero-order valence-corrected chi connectivity index (χ0v) is 14.5. The van der Waals surface area contributed by atoms with Crippen LogP contribution in [0.5, 0.6) is 11.5 Å². The first-order chi connectivity index (χ1) is 12.2. The predicted molar refractivity (Wildman–Crippen MR) is 94.9 cm³/mol. The van der Waals surface area contributed by atoms with Gasteiger partial charge in [0.15, 0.2) is 11.5 Å². The summed E-state index contributed by atoms with van der Waals surface area (Å²) in [7, 11) is 1.62. The van der Waals surface area contributed by atoms with Gasteiger partial charge in [0.2, 0.25) is 5.91 Å². The number of ether oxygens (including phenoxy) is 2. The summed E-state index contributed by atoms with van der Waals surface area (Å²) in [5.41, 5.74) is 3.75. The van der Waals surface area contributed by atoms with Crippen LogP contribution in [0.15, 0.2) is 36.4 Å². The Bertz CT molecular complexity index is 925. The van der Waals surface area contributed by atoms with Gasteiger partial charge >= 0.3 is 0 Å². The molecule has 0 aliphatic carbocycles. The van der Waals surface area contributed by atoms with Crippen molar-refractivity contribution in [3.05, 3.63) is 47.5 Å². The molecule has 0 bridgehead atoms. The van der Waals surface area contributed by atoms with E-state index in [1.165, 1.54) is 11.7 Å². The number of fused-ring (bicyclic) bond motifs is 2. The monoisotopic (exact) mass is 355 g/mol. The van der Waals surface area contributed by atoms with Crippen LogP contribution in [0.3, 0.4) is 0 Å². The van der Waals surface area contributed by atoms with E-state index in [9.17, 15) is 4.79 Å². The molecular formula is C18H17N3O3S. The Morgan fingerprint density at radius 3 is 3.08 bits per heavy atom. The summed E-state index contributed by atoms with van der Waals surface area (Å²) < 4.78 is 19.5. The fourth-order valence-corrected chi connectivity index (χ4v) is 3.51. The number of nitrogens with zero attached hydrogens (tertiary/aromatic N) is 2. The second-order valence-electron chi connectivity index (χ2n) is 5.97. The van der Waals surface area contributed by atoms with Crippen molar-refractivity contribution < 1.29 is 14.3 Å². The molecule has 2 heterocycles. The zero-order chi connectivity index (χ0) is 17.2. The Labute approximate surface area is 149 Å². The topological polar surface area (TPSA) is 73.3 Å². The lowest BCUT2D eigenvalue weighted by molar-refractivity contribution is -0.126. The molecule has 0 saturated carbocycles. The van der Waals surface area contributed by atoms with E-state index in [4.69, 9.17) is 9.47 Å². The highest BCUT2D eigenvalue weighted by Gasteiger charge is 2.27. The molecule has 1 aliphatic heterocycles. The van der Waals surface area contributed by atoms with Crippen LogP contribution in [0, 0.1) is 5.92 Å². The summed E-state index contributed by atoms with van der Waals surface area (Å²) in [6, 6.07) is 11.6. The molecule has 4 rings (SSSR count). The molecule has 2 aromatic carbocycles. The average molecular weight is 355 g/mol. The first-order valence-corrected chi connectivity index (χ1v) is 8.75. The van der Waals surface area contributed by atoms with Gasteiger partial charge < -0.3 is 14.8 Å². The van der Waals surface area contributed by atoms with Crippen LogP contribution in [0.2, 0.25) is 0 Å². The number of methoxy groups -OCH3 is 1. The summed E-state index contributed by atoms with van der Waals surface area (Å²) in [6.07, 6.45) is 0.646. The molecule has 0 unspecified atom stereocenters. The molecular weight excluding hydrogens is 338 g/mol. The number of hydrogen-bond donors (Lipinski definition) is 1. The number of nitrogens with one attached hydrogen (secondary N) is 1. The summed E-state index contributed by atoms with van der Waals surface area (Å²) in [5, 5.41) is 2.99. The van der Waals surface area contributed by atoms with Crippen molar-refractivity contribution in [3.8, 4) is 11.5 Å². The predicted octanol–water partition coefficient (Wildman–Crippen LogP) is 2.57. The highest BCUT2D eigenvalue weighted by atomic mass is 32.1. The maximum atomic E-state index is 12.5. The SMILES string of the molecule is COc1cccc2c1OC[C@@H](C(=O)NCc1ccc3nsnc3c1)C2. The van der Waals surface area contributed by atoms with E-state index in [0.717, 1.165) is 27.9 Å². The largest absolute Gasteiger partial charge is 0.493 e. The maximum Gasteiger partial charge on any atom is 0.227 e. The lowest BCUT2D eigenvalue weighted by Gasteiger charge is -2.25. The van der Waals surface area contributed by atoms with Crippen LogP contribution < -0.4 is 14.8 Å². The van der Waals surface area contributed by atoms with Gasteiger partial charge in [-0.05, 0) is 35.7 Å². The molecule has 128 valence electrons. The highest BCUT2D eigenvalue weighted by molar-refractivity contribution is 7.00. The van der Waals surface area contributed by atoms with Crippen LogP contribution in [0.4, 0.5) is 0 Å². The average Bonchev–Trinajstić information content (AvgIpc) is 3.12. The molecule has 1 N–H and O–H groups in total. The minimum atomic E-state index is -0.204. The van der Waals surface area contributed by atoms with Gasteiger partial charge in [-0.1, -0.05) is 18.2 Å². The molecule has 1 atom stereocenters. The third-order valence-corrected chi connectivity index (χ3v) is 4.89. The van der Waals surface area contributed by atoms with E-state index in [1.807, 2.05) is 36.4 Å². The van der Waals surface area contributed by atoms with Crippen molar-refractivity contribution in [2.75, 3.05) is 13.7 Å². The van der Waals surface area contributed by atoms with Crippen molar-refractivity contribution in [2.24, 2.45) is 5.92 Å². The minimum absolute atomic E-state index is 0.00929. The Balaban J connectivity index is 1.41. The van der Waals surface area contributed by atoms with Crippen molar-refractivity contribution in [3.63, 3.8) is 0 Å². The number of hydrogen-bond acceptors (Lipinski definition) is 6. The van der Waals surface area contributed by atoms with Crippen LogP contribution in [0.1, 0.15) is 11.1 Å². The van der Waals surface area contributed by atoms with E-state index >= 15 is 0 Å². The Morgan fingerprint density at radius 1 is 1.32 bits per heavy atom. The molecule has 6 nitrogen and oxygen atoms in total. The quantitative estimate of drug-likeness (QED) is 0.779. The van der Waals surface area contributed by atoms with Gasteiger partial charge in [-0.2, -0.15) is 8.75 Å². The fourth-order valence-electron chi connectivity index (χ4n) is 2.99. The third kappa shape index (κ3) is 3.15. The molecule has 1 amide bonds. The molecule has 0 saturated heterocycles. The second kappa shape index (κ2) is 6.68. The molecule has 1 aliphatic rings. The van der Waals surface area contributed by atoms with Crippen molar-refractivity contribution in [1.29, 1.82) is 0 Å². The van der Waals surface area contributed by atoms with Crippen molar-refractivity contribution in [2.45, 2.75) is 13.0 Å². The van der Waals surface area contributed by atoms with Gasteiger partial charge in [0, 0.05) is 6.54 Å². The third-order valence-electron chi connectivity index (χ3n) is 4.33. The summed E-state index contributed by atoms with van der Waals surface area (Å²) >= 11 is 1.19. The number of carbonyl (C=O) groups excluding carboxylic acids is 1. The molecule has 25 heavy (non-hydrogen) atoms. The zero-order valence-electron chi connectivity index (χ0n) is 13.7. The van der Waals surface area contributed by atoms with Crippen LogP contribution >= 0.6 is 11.7 Å². The first kappa shape index (κ1) is 15.8. The lowest BCUT2D eigenvalue weighted by Crippen LogP contribution is -2.37. The maximum absolute atomic E-state index is 12.5. The molecule has 0 spiro atoms. The number of aromatic nitrogens is 2. The van der Waals surface area contributed by atoms with Gasteiger partial charge in [0.05, 0.1) is 24.8 Å². The molecule has 7 heteroatoms. The van der Waals surface area contributed by atoms with E-state index in [1.54, 1.807) is 7.11 Å². The summed E-state index contributed by atoms with van der Waals surface area (Å²) in [6.45, 7) is 0.821. The second-order valence-corrected chi connectivity index (χ2v) is 6.49. The summed E-state index contributed by atoms with van der Waals surface area (Å²) in [5.74, 6) is 1.24. The van der Waals surface area contributed by atoms with E-state index in [2.05, 4.69) is 14.1 Å². The van der Waals surface area contributed by atoms with Gasteiger partial charge in [-0.3, -0.25) is 4.79 Å². The molecule has 1 aromatic heterocycles. The number of benzene rings is 2. The van der Waals surface area contributed by atoms with E-state index in [-0.39, 0.29) is 11.8 Å². The molecule has 0 fully saturated rings. The van der Waals surface area contributed by atoms with Crippen molar-refractivity contribution in [1.82, 2.24) is 14.1 Å². The fraction of sp³-hybridized carbons (Fsp3) is 0.278. The van der Waals surface area contributed by atoms with Gasteiger partial charge in [0.25, 0.3) is 0 Å². The Morgan fingerprint density at radius 2 is 2.20 bits per heavy atom. The number of carbonyl (C=O) groups is 1. The first-order valence-electron chi connectivity index (χ1n) is 8.02. The number of para-hydroxylation sites is 1. The highest BCUT2D eigenvalue weighted by Crippen LogP contribution is 2.36.